The van der Waals surface area contributed by atoms with E-state index in [1.165, 1.54) is 27.4 Å². The van der Waals surface area contributed by atoms with Crippen LogP contribution in [0.25, 0.3) is 0 Å². The van der Waals surface area contributed by atoms with Gasteiger partial charge >= 0.3 is 5.69 Å². The lowest BCUT2D eigenvalue weighted by Gasteiger charge is -2.34. The molecule has 2 aromatic carbocycles. The van der Waals surface area contributed by atoms with Gasteiger partial charge in [0, 0.05) is 25.3 Å². The van der Waals surface area contributed by atoms with Crippen LogP contribution in [0.4, 0.5) is 13.2 Å². The smallest absolute Gasteiger partial charge is 0.346 e. The van der Waals surface area contributed by atoms with Crippen molar-refractivity contribution >= 4 is 0 Å². The second-order valence-corrected chi connectivity index (χ2v) is 7.57. The number of aryl methyl sites for hydroxylation is 1. The average Bonchev–Trinajstić information content (AvgIpc) is 3.19. The van der Waals surface area contributed by atoms with Crippen LogP contribution >= 0.6 is 0 Å². The zero-order valence-corrected chi connectivity index (χ0v) is 15.4. The fourth-order valence-electron chi connectivity index (χ4n) is 4.19. The van der Waals surface area contributed by atoms with Gasteiger partial charge in [-0.25, -0.2) is 22.6 Å². The summed E-state index contributed by atoms with van der Waals surface area (Å²) in [6.45, 7) is 0. The van der Waals surface area contributed by atoms with Crippen LogP contribution in [0, 0.1) is 17.5 Å². The molecule has 8 heteroatoms. The largest absolute Gasteiger partial charge is 0.487 e. The number of benzene rings is 2. The Labute approximate surface area is 164 Å². The second-order valence-electron chi connectivity index (χ2n) is 7.57. The maximum absolute atomic E-state index is 13.7. The first-order valence-corrected chi connectivity index (χ1v) is 9.56. The Morgan fingerprint density at radius 2 is 1.76 bits per heavy atom. The van der Waals surface area contributed by atoms with Crippen LogP contribution in [0.1, 0.15) is 42.7 Å². The molecule has 0 unspecified atom stereocenters. The van der Waals surface area contributed by atoms with E-state index in [-0.39, 0.29) is 23.6 Å². The van der Waals surface area contributed by atoms with Gasteiger partial charge in [0.25, 0.3) is 0 Å². The molecule has 0 bridgehead atoms. The monoisotopic (exact) mass is 401 g/mol. The number of hydrogen-bond donors (Lipinski definition) is 0. The first kappa shape index (κ1) is 18.0. The van der Waals surface area contributed by atoms with Crippen LogP contribution in [0.2, 0.25) is 0 Å². The summed E-state index contributed by atoms with van der Waals surface area (Å²) < 4.78 is 49.6. The summed E-state index contributed by atoms with van der Waals surface area (Å²) in [5.74, 6) is -0.937. The first-order valence-electron chi connectivity index (χ1n) is 9.56. The number of hydrogen-bond acceptors (Lipinski definition) is 3. The van der Waals surface area contributed by atoms with Crippen LogP contribution in [-0.2, 0) is 6.42 Å². The van der Waals surface area contributed by atoms with Crippen molar-refractivity contribution in [1.82, 2.24) is 14.3 Å². The first-order chi connectivity index (χ1) is 14.0. The summed E-state index contributed by atoms with van der Waals surface area (Å²) >= 11 is 0. The van der Waals surface area contributed by atoms with E-state index in [9.17, 15) is 18.0 Å². The molecular weight excluding hydrogens is 383 g/mol. The molecule has 1 saturated carbocycles. The fraction of sp³-hybridized carbons (Fsp3) is 0.333. The molecule has 1 atom stereocenters. The summed E-state index contributed by atoms with van der Waals surface area (Å²) in [7, 11) is 0. The molecule has 2 aliphatic rings. The normalized spacial score (nSPS) is 22.9. The zero-order chi connectivity index (χ0) is 20.1. The van der Waals surface area contributed by atoms with E-state index in [2.05, 4.69) is 5.10 Å². The number of rotatable bonds is 4. The maximum Gasteiger partial charge on any atom is 0.346 e. The topological polar surface area (TPSA) is 49.0 Å². The molecule has 0 amide bonds. The minimum atomic E-state index is -0.666. The van der Waals surface area contributed by atoms with E-state index >= 15 is 0 Å². The maximum atomic E-state index is 13.7. The lowest BCUT2D eigenvalue weighted by Crippen LogP contribution is -2.41. The van der Waals surface area contributed by atoms with Crippen LogP contribution in [0.15, 0.2) is 47.3 Å². The third kappa shape index (κ3) is 3.12. The highest BCUT2D eigenvalue weighted by Gasteiger charge is 2.38. The van der Waals surface area contributed by atoms with Gasteiger partial charge in [0.1, 0.15) is 23.6 Å². The van der Waals surface area contributed by atoms with Gasteiger partial charge in [0.2, 0.25) is 0 Å². The zero-order valence-electron chi connectivity index (χ0n) is 15.4. The van der Waals surface area contributed by atoms with Crippen molar-refractivity contribution in [3.63, 3.8) is 0 Å². The molecule has 1 fully saturated rings. The number of para-hydroxylation sites is 1. The highest BCUT2D eigenvalue weighted by Crippen LogP contribution is 2.36. The molecular formula is C21H18F3N3O2. The fourth-order valence-corrected chi connectivity index (χ4v) is 4.19. The Kier molecular flexibility index (Phi) is 4.22. The predicted octanol–water partition coefficient (Wildman–Crippen LogP) is 3.78. The van der Waals surface area contributed by atoms with Gasteiger partial charge in [-0.2, -0.15) is 5.10 Å². The standard InChI is InChI=1S/C21H18F3N3O2/c22-13-7-12(8-14(23)9-13)18-5-6-20-25-27(21(28)26(18)20)15-10-16(11-15)29-19-4-2-1-3-17(19)24/h1-4,7-9,15-16,18H,5-6,10-11H2/t15-,16-,18-/m0/s1. The Morgan fingerprint density at radius 1 is 1.03 bits per heavy atom. The van der Waals surface area contributed by atoms with Crippen molar-refractivity contribution in [2.45, 2.75) is 43.9 Å². The van der Waals surface area contributed by atoms with Crippen LogP contribution < -0.4 is 10.4 Å². The van der Waals surface area contributed by atoms with Gasteiger partial charge in [0.15, 0.2) is 11.6 Å². The third-order valence-corrected chi connectivity index (χ3v) is 5.67. The summed E-state index contributed by atoms with van der Waals surface area (Å²) in [5, 5.41) is 4.44. The van der Waals surface area contributed by atoms with E-state index in [0.29, 0.717) is 37.1 Å². The van der Waals surface area contributed by atoms with Crippen LogP contribution in [-0.4, -0.2) is 20.5 Å². The van der Waals surface area contributed by atoms with Gasteiger partial charge in [-0.1, -0.05) is 12.1 Å². The number of fused-ring (bicyclic) bond motifs is 1. The van der Waals surface area contributed by atoms with Crippen molar-refractivity contribution in [1.29, 1.82) is 0 Å². The highest BCUT2D eigenvalue weighted by atomic mass is 19.1. The third-order valence-electron chi connectivity index (χ3n) is 5.67. The van der Waals surface area contributed by atoms with E-state index < -0.39 is 23.5 Å². The Balaban J connectivity index is 1.34. The van der Waals surface area contributed by atoms with Crippen molar-refractivity contribution in [3.05, 3.63) is 81.8 Å². The van der Waals surface area contributed by atoms with Crippen molar-refractivity contribution in [2.24, 2.45) is 0 Å². The molecule has 1 aromatic heterocycles. The summed E-state index contributed by atoms with van der Waals surface area (Å²) in [4.78, 5) is 12.9. The van der Waals surface area contributed by atoms with Gasteiger partial charge in [0.05, 0.1) is 12.1 Å². The second kappa shape index (κ2) is 6.79. The SMILES string of the molecule is O=c1n2c(nn1[C@H]1C[C@H](Oc3ccccc3F)C1)CC[C@H]2c1cc(F)cc(F)c1. The molecule has 3 aromatic rings. The predicted molar refractivity (Wildman–Crippen MR) is 98.4 cm³/mol. The lowest BCUT2D eigenvalue weighted by atomic mass is 9.89. The summed E-state index contributed by atoms with van der Waals surface area (Å²) in [6.07, 6.45) is 2.04. The Morgan fingerprint density at radius 3 is 2.48 bits per heavy atom. The molecule has 0 saturated heterocycles. The van der Waals surface area contributed by atoms with Crippen LogP contribution in [0.5, 0.6) is 5.75 Å². The average molecular weight is 401 g/mol. The number of nitrogens with zero attached hydrogens (tertiary/aromatic N) is 3. The molecule has 0 spiro atoms. The molecule has 1 aliphatic carbocycles. The Hall–Kier alpha value is -3.03. The summed E-state index contributed by atoms with van der Waals surface area (Å²) in [5.41, 5.74) is 0.138. The van der Waals surface area contributed by atoms with E-state index in [1.54, 1.807) is 18.2 Å². The molecule has 5 rings (SSSR count). The van der Waals surface area contributed by atoms with E-state index in [1.807, 2.05) is 0 Å². The van der Waals surface area contributed by atoms with Gasteiger partial charge in [-0.05, 0) is 36.2 Å². The van der Waals surface area contributed by atoms with Crippen molar-refractivity contribution in [3.8, 4) is 5.75 Å². The quantitative estimate of drug-likeness (QED) is 0.669. The number of halogens is 3. The Bertz CT molecular complexity index is 1110. The van der Waals surface area contributed by atoms with Crippen LogP contribution in [0.3, 0.4) is 0 Å². The van der Waals surface area contributed by atoms with E-state index in [4.69, 9.17) is 4.74 Å². The molecule has 5 nitrogen and oxygen atoms in total. The molecule has 0 N–H and O–H groups in total. The summed E-state index contributed by atoms with van der Waals surface area (Å²) in [6, 6.07) is 8.98. The lowest BCUT2D eigenvalue weighted by molar-refractivity contribution is 0.0589. The number of aromatic nitrogens is 3. The molecule has 0 radical (unpaired) electrons. The molecule has 150 valence electrons. The van der Waals surface area contributed by atoms with Gasteiger partial charge < -0.3 is 4.74 Å². The minimum absolute atomic E-state index is 0.137. The van der Waals surface area contributed by atoms with E-state index in [0.717, 1.165) is 6.07 Å². The van der Waals surface area contributed by atoms with Gasteiger partial charge in [-0.15, -0.1) is 0 Å². The molecule has 29 heavy (non-hydrogen) atoms. The van der Waals surface area contributed by atoms with Crippen molar-refractivity contribution < 1.29 is 17.9 Å². The van der Waals surface area contributed by atoms with Gasteiger partial charge in [-0.3, -0.25) is 4.57 Å². The highest BCUT2D eigenvalue weighted by molar-refractivity contribution is 5.25. The molecule has 1 aliphatic heterocycles. The number of ether oxygens (including phenoxy) is 1. The minimum Gasteiger partial charge on any atom is -0.487 e. The van der Waals surface area contributed by atoms with Crippen molar-refractivity contribution in [2.75, 3.05) is 0 Å². The molecule has 2 heterocycles.